The third-order valence-electron chi connectivity index (χ3n) is 0.705. The lowest BCUT2D eigenvalue weighted by atomic mass is 10.5. The fourth-order valence-corrected chi connectivity index (χ4v) is 0.299. The molecular weight excluding hydrogens is 106 g/mol. The number of carbonyl (C=O) groups is 1. The quantitative estimate of drug-likeness (QED) is 0.588. The second-order valence-corrected chi connectivity index (χ2v) is 1.42. The first kappa shape index (κ1) is 7.27. The number of carbonyl (C=O) groups excluding carboxylic acids is 1. The van der Waals surface area contributed by atoms with Crippen LogP contribution in [-0.4, -0.2) is 19.7 Å². The largest absolute Gasteiger partial charge is 0.453 e. The van der Waals surface area contributed by atoms with Crippen LogP contribution in [-0.2, 0) is 4.74 Å². The van der Waals surface area contributed by atoms with E-state index in [-0.39, 0.29) is 7.52 Å². The van der Waals surface area contributed by atoms with Gasteiger partial charge in [-0.1, -0.05) is 6.92 Å². The molecule has 3 heteroatoms. The predicted octanol–water partition coefficient (Wildman–Crippen LogP) is 0.998. The summed E-state index contributed by atoms with van der Waals surface area (Å²) in [7, 11) is 1.35. The highest BCUT2D eigenvalue weighted by Gasteiger charge is 1.91. The molecule has 0 rings (SSSR count). The maximum Gasteiger partial charge on any atom is 0.406 e. The molecule has 0 saturated carbocycles. The molecule has 0 aromatic carbocycles. The van der Waals surface area contributed by atoms with Crippen LogP contribution in [0, 0.1) is 0 Å². The third-order valence-corrected chi connectivity index (χ3v) is 0.705. The van der Waals surface area contributed by atoms with Crippen LogP contribution in [0.25, 0.3) is 0 Å². The van der Waals surface area contributed by atoms with Gasteiger partial charge in [-0.3, -0.25) is 0 Å². The minimum atomic E-state index is -0.355. The zero-order valence-electron chi connectivity index (χ0n) is 5.23. The zero-order chi connectivity index (χ0) is 6.41. The van der Waals surface area contributed by atoms with Crippen LogP contribution >= 0.6 is 0 Å². The number of rotatable bonds is 2. The Hall–Kier alpha value is -0.730. The summed E-state index contributed by atoms with van der Waals surface area (Å²) in [5.41, 5.74) is 0. The van der Waals surface area contributed by atoms with Gasteiger partial charge in [0.25, 0.3) is 0 Å². The molecule has 0 aliphatic heterocycles. The summed E-state index contributed by atoms with van der Waals surface area (Å²) in [4.78, 5) is 10.2. The van der Waals surface area contributed by atoms with Crippen molar-refractivity contribution in [3.05, 3.63) is 0 Å². The predicted molar refractivity (Wildman–Crippen MR) is 32.8 cm³/mol. The van der Waals surface area contributed by atoms with E-state index in [0.29, 0.717) is 6.54 Å². The van der Waals surface area contributed by atoms with E-state index in [1.54, 1.807) is 0 Å². The lowest BCUT2D eigenvalue weighted by molar-refractivity contribution is 0.171. The zero-order valence-corrected chi connectivity index (χ0v) is 5.23. The summed E-state index contributed by atoms with van der Waals surface area (Å²) >= 11 is 0. The number of methoxy groups -OCH3 is 1. The van der Waals surface area contributed by atoms with Gasteiger partial charge in [0.2, 0.25) is 0 Å². The van der Waals surface area contributed by atoms with Crippen LogP contribution in [0.15, 0.2) is 0 Å². The number of ether oxygens (including phenoxy) is 1. The third kappa shape index (κ3) is 3.46. The standard InChI is InChI=1S/C5H11NO2.H2/c1-3-4-6-5(7)8-2;/h3-4H2,1-2H3,(H,6,7);1H. The van der Waals surface area contributed by atoms with Gasteiger partial charge in [0, 0.05) is 7.97 Å². The number of nitrogens with one attached hydrogen (secondary N) is 1. The fourth-order valence-electron chi connectivity index (χ4n) is 0.299. The number of hydrogen-bond acceptors (Lipinski definition) is 2. The molecule has 0 saturated heterocycles. The van der Waals surface area contributed by atoms with Crippen LogP contribution in [0.2, 0.25) is 0 Å². The van der Waals surface area contributed by atoms with E-state index in [4.69, 9.17) is 0 Å². The van der Waals surface area contributed by atoms with Crippen molar-refractivity contribution in [1.29, 1.82) is 0 Å². The van der Waals surface area contributed by atoms with Crippen LogP contribution < -0.4 is 5.32 Å². The summed E-state index contributed by atoms with van der Waals surface area (Å²) in [5, 5.41) is 2.52. The van der Waals surface area contributed by atoms with Gasteiger partial charge in [-0.05, 0) is 6.42 Å². The summed E-state index contributed by atoms with van der Waals surface area (Å²) < 4.78 is 4.30. The molecule has 0 radical (unpaired) electrons. The van der Waals surface area contributed by atoms with Crippen molar-refractivity contribution in [2.24, 2.45) is 0 Å². The molecule has 8 heavy (non-hydrogen) atoms. The molecule has 0 heterocycles. The van der Waals surface area contributed by atoms with E-state index in [9.17, 15) is 4.79 Å². The summed E-state index contributed by atoms with van der Waals surface area (Å²) in [6.45, 7) is 2.67. The molecular formula is C5H13NO2. The van der Waals surface area contributed by atoms with Crippen LogP contribution in [0.3, 0.4) is 0 Å². The van der Waals surface area contributed by atoms with Gasteiger partial charge >= 0.3 is 6.09 Å². The monoisotopic (exact) mass is 119 g/mol. The average Bonchev–Trinajstić information content (AvgIpc) is 1.83. The van der Waals surface area contributed by atoms with Crippen LogP contribution in [0.4, 0.5) is 4.79 Å². The van der Waals surface area contributed by atoms with Gasteiger partial charge in [0.05, 0.1) is 7.11 Å². The SMILES string of the molecule is CCCNC(=O)OC.[HH]. The van der Waals surface area contributed by atoms with Crippen molar-refractivity contribution in [3.63, 3.8) is 0 Å². The molecule has 50 valence electrons. The first-order valence-corrected chi connectivity index (χ1v) is 2.63. The smallest absolute Gasteiger partial charge is 0.406 e. The Labute approximate surface area is 50.5 Å². The van der Waals surface area contributed by atoms with E-state index < -0.39 is 0 Å². The molecule has 0 spiro atoms. The normalized spacial score (nSPS) is 8.25. The van der Waals surface area contributed by atoms with Gasteiger partial charge in [-0.2, -0.15) is 0 Å². The lowest BCUT2D eigenvalue weighted by Gasteiger charge is -1.98. The second-order valence-electron chi connectivity index (χ2n) is 1.42. The molecule has 0 aromatic rings. The average molecular weight is 119 g/mol. The van der Waals surface area contributed by atoms with Gasteiger partial charge in [0.1, 0.15) is 0 Å². The van der Waals surface area contributed by atoms with Gasteiger partial charge < -0.3 is 10.1 Å². The highest BCUT2D eigenvalue weighted by Crippen LogP contribution is 1.72. The fraction of sp³-hybridized carbons (Fsp3) is 0.800. The van der Waals surface area contributed by atoms with E-state index in [0.717, 1.165) is 6.42 Å². The minimum absolute atomic E-state index is 0. The van der Waals surface area contributed by atoms with Crippen LogP contribution in [0.1, 0.15) is 14.8 Å². The maximum atomic E-state index is 10.2. The number of amides is 1. The van der Waals surface area contributed by atoms with Gasteiger partial charge in [-0.15, -0.1) is 0 Å². The highest BCUT2D eigenvalue weighted by atomic mass is 16.5. The highest BCUT2D eigenvalue weighted by molar-refractivity contribution is 5.66. The lowest BCUT2D eigenvalue weighted by Crippen LogP contribution is -2.23. The Bertz CT molecular complexity index is 77.4. The first-order valence-electron chi connectivity index (χ1n) is 2.63. The van der Waals surface area contributed by atoms with Crippen molar-refractivity contribution in [2.45, 2.75) is 13.3 Å². The molecule has 0 fully saturated rings. The van der Waals surface area contributed by atoms with Crippen molar-refractivity contribution in [2.75, 3.05) is 13.7 Å². The molecule has 0 unspecified atom stereocenters. The number of alkyl carbamates (subject to hydrolysis) is 1. The Morgan fingerprint density at radius 3 is 2.88 bits per heavy atom. The van der Waals surface area contributed by atoms with E-state index >= 15 is 0 Å². The summed E-state index contributed by atoms with van der Waals surface area (Å²) in [5.74, 6) is 0. The summed E-state index contributed by atoms with van der Waals surface area (Å²) in [6.07, 6.45) is 0.585. The van der Waals surface area contributed by atoms with Crippen LogP contribution in [0.5, 0.6) is 0 Å². The maximum absolute atomic E-state index is 10.2. The molecule has 0 aromatic heterocycles. The molecule has 1 amide bonds. The van der Waals surface area contributed by atoms with E-state index in [2.05, 4.69) is 10.1 Å². The molecule has 0 atom stereocenters. The molecule has 3 nitrogen and oxygen atoms in total. The molecule has 0 aliphatic rings. The van der Waals surface area contributed by atoms with Crippen molar-refractivity contribution < 1.29 is 11.0 Å². The Morgan fingerprint density at radius 1 is 1.88 bits per heavy atom. The Balaban J connectivity index is 0. The topological polar surface area (TPSA) is 38.3 Å². The first-order chi connectivity index (χ1) is 3.81. The molecule has 0 bridgehead atoms. The van der Waals surface area contributed by atoms with Crippen molar-refractivity contribution in [3.8, 4) is 0 Å². The number of hydrogen-bond donors (Lipinski definition) is 1. The Morgan fingerprint density at radius 2 is 2.50 bits per heavy atom. The Kier molecular flexibility index (Phi) is 4.03. The van der Waals surface area contributed by atoms with E-state index in [1.807, 2.05) is 6.92 Å². The minimum Gasteiger partial charge on any atom is -0.453 e. The van der Waals surface area contributed by atoms with E-state index in [1.165, 1.54) is 7.11 Å². The van der Waals surface area contributed by atoms with Gasteiger partial charge in [-0.25, -0.2) is 4.79 Å². The summed E-state index contributed by atoms with van der Waals surface area (Å²) in [6, 6.07) is 0. The van der Waals surface area contributed by atoms with Gasteiger partial charge in [0.15, 0.2) is 0 Å². The second kappa shape index (κ2) is 4.43. The van der Waals surface area contributed by atoms with Crippen molar-refractivity contribution >= 4 is 6.09 Å². The molecule has 1 N–H and O–H groups in total. The molecule has 0 aliphatic carbocycles. The van der Waals surface area contributed by atoms with Crippen molar-refractivity contribution in [1.82, 2.24) is 5.32 Å².